The van der Waals surface area contributed by atoms with Crippen LogP contribution in [0.3, 0.4) is 0 Å². The van der Waals surface area contributed by atoms with Gasteiger partial charge in [-0.15, -0.1) is 0 Å². The van der Waals surface area contributed by atoms with Gasteiger partial charge in [0.1, 0.15) is 0 Å². The number of aliphatic hydroxyl groups excluding tert-OH is 1. The Bertz CT molecular complexity index is 488. The van der Waals surface area contributed by atoms with Crippen LogP contribution in [0.1, 0.15) is 29.9 Å². The molecule has 0 unspecified atom stereocenters. The predicted molar refractivity (Wildman–Crippen MR) is 69.3 cm³/mol. The van der Waals surface area contributed by atoms with Crippen LogP contribution in [0.15, 0.2) is 18.3 Å². The maximum atomic E-state index is 12.5. The first-order valence-electron chi connectivity index (χ1n) is 6.31. The number of amides is 1. The first kappa shape index (κ1) is 13.8. The smallest absolute Gasteiger partial charge is 0.320 e. The molecule has 1 amide bonds. The third-order valence-electron chi connectivity index (χ3n) is 3.43. The van der Waals surface area contributed by atoms with Crippen molar-refractivity contribution >= 4 is 5.91 Å². The van der Waals surface area contributed by atoms with Crippen molar-refractivity contribution in [2.45, 2.75) is 26.0 Å². The number of nitrogens with one attached hydrogen (secondary N) is 1. The van der Waals surface area contributed by atoms with E-state index >= 15 is 0 Å². The number of aromatic nitrogens is 1. The van der Waals surface area contributed by atoms with Crippen molar-refractivity contribution in [3.05, 3.63) is 34.8 Å². The fourth-order valence-electron chi connectivity index (χ4n) is 2.28. The second-order valence-corrected chi connectivity index (χ2v) is 5.35. The Morgan fingerprint density at radius 1 is 1.63 bits per heavy atom. The quantitative estimate of drug-likeness (QED) is 0.565. The molecule has 1 aromatic heterocycles. The number of pyridine rings is 1. The SMILES string of the molecule is CC1(C)CNCCN1C(=O)c1cc(CO)cc[n+]1[O-]. The standard InChI is InChI=1S/C13H19N3O3/c1-13(2)9-14-4-6-15(13)12(18)11-7-10(8-17)3-5-16(11)19/h3,5,7,14,17H,4,6,8-9H2,1-2H3. The molecule has 1 saturated heterocycles. The monoisotopic (exact) mass is 265 g/mol. The molecule has 6 nitrogen and oxygen atoms in total. The topological polar surface area (TPSA) is 79.5 Å². The maximum Gasteiger partial charge on any atom is 0.320 e. The second-order valence-electron chi connectivity index (χ2n) is 5.35. The van der Waals surface area contributed by atoms with Crippen molar-refractivity contribution in [3.8, 4) is 0 Å². The van der Waals surface area contributed by atoms with Crippen LogP contribution in [-0.2, 0) is 6.61 Å². The molecule has 1 aliphatic rings. The zero-order chi connectivity index (χ0) is 14.0. The second kappa shape index (κ2) is 5.14. The van der Waals surface area contributed by atoms with Crippen molar-refractivity contribution < 1.29 is 14.6 Å². The van der Waals surface area contributed by atoms with Crippen LogP contribution in [0.4, 0.5) is 0 Å². The molecule has 2 rings (SSSR count). The highest BCUT2D eigenvalue weighted by Crippen LogP contribution is 2.18. The van der Waals surface area contributed by atoms with Gasteiger partial charge >= 0.3 is 5.91 Å². The van der Waals surface area contributed by atoms with Crippen molar-refractivity contribution in [3.63, 3.8) is 0 Å². The van der Waals surface area contributed by atoms with Gasteiger partial charge in [-0.3, -0.25) is 4.79 Å². The normalized spacial score (nSPS) is 18.4. The van der Waals surface area contributed by atoms with Crippen LogP contribution in [0.2, 0.25) is 0 Å². The molecular weight excluding hydrogens is 246 g/mol. The number of hydrogen-bond donors (Lipinski definition) is 2. The average molecular weight is 265 g/mol. The van der Waals surface area contributed by atoms with Gasteiger partial charge in [0.15, 0.2) is 6.20 Å². The fraction of sp³-hybridized carbons (Fsp3) is 0.538. The summed E-state index contributed by atoms with van der Waals surface area (Å²) in [6.45, 7) is 5.70. The number of nitrogens with zero attached hydrogens (tertiary/aromatic N) is 2. The summed E-state index contributed by atoms with van der Waals surface area (Å²) in [6.07, 6.45) is 1.26. The number of hydrogen-bond acceptors (Lipinski definition) is 4. The maximum absolute atomic E-state index is 12.5. The fourth-order valence-corrected chi connectivity index (χ4v) is 2.28. The summed E-state index contributed by atoms with van der Waals surface area (Å²) in [6, 6.07) is 2.96. The van der Waals surface area contributed by atoms with Gasteiger partial charge in [-0.25, -0.2) is 0 Å². The molecule has 19 heavy (non-hydrogen) atoms. The minimum Gasteiger partial charge on any atom is -0.618 e. The minimum absolute atomic E-state index is 0.0570. The molecule has 0 radical (unpaired) electrons. The summed E-state index contributed by atoms with van der Waals surface area (Å²) in [5.41, 5.74) is 0.280. The number of rotatable bonds is 2. The number of piperazine rings is 1. The number of carbonyl (C=O) groups is 1. The van der Waals surface area contributed by atoms with Crippen molar-refractivity contribution in [2.24, 2.45) is 0 Å². The van der Waals surface area contributed by atoms with Crippen LogP contribution in [-0.4, -0.2) is 41.1 Å². The Morgan fingerprint density at radius 2 is 2.37 bits per heavy atom. The van der Waals surface area contributed by atoms with E-state index in [4.69, 9.17) is 5.11 Å². The summed E-state index contributed by atoms with van der Waals surface area (Å²) in [5.74, 6) is -0.295. The van der Waals surface area contributed by atoms with E-state index in [2.05, 4.69) is 5.32 Å². The Kier molecular flexibility index (Phi) is 3.73. The third kappa shape index (κ3) is 2.69. The van der Waals surface area contributed by atoms with Crippen LogP contribution < -0.4 is 10.0 Å². The molecule has 0 bridgehead atoms. The highest BCUT2D eigenvalue weighted by Gasteiger charge is 2.36. The molecule has 2 heterocycles. The predicted octanol–water partition coefficient (Wildman–Crippen LogP) is -0.364. The van der Waals surface area contributed by atoms with Gasteiger partial charge in [0.25, 0.3) is 5.69 Å². The third-order valence-corrected chi connectivity index (χ3v) is 3.43. The lowest BCUT2D eigenvalue weighted by molar-refractivity contribution is -0.608. The minimum atomic E-state index is -0.336. The van der Waals surface area contributed by atoms with Crippen LogP contribution in [0, 0.1) is 5.21 Å². The van der Waals surface area contributed by atoms with E-state index in [9.17, 15) is 10.0 Å². The van der Waals surface area contributed by atoms with Gasteiger partial charge < -0.3 is 20.5 Å². The molecule has 0 saturated carbocycles. The highest BCUT2D eigenvalue weighted by molar-refractivity contribution is 5.91. The molecular formula is C13H19N3O3. The first-order chi connectivity index (χ1) is 8.95. The van der Waals surface area contributed by atoms with Gasteiger partial charge in [-0.05, 0) is 19.4 Å². The summed E-state index contributed by atoms with van der Waals surface area (Å²) in [4.78, 5) is 14.2. The summed E-state index contributed by atoms with van der Waals surface area (Å²) >= 11 is 0. The summed E-state index contributed by atoms with van der Waals surface area (Å²) in [7, 11) is 0. The Balaban J connectivity index is 2.33. The Hall–Kier alpha value is -1.66. The molecule has 2 N–H and O–H groups in total. The van der Waals surface area contributed by atoms with Gasteiger partial charge in [-0.1, -0.05) is 0 Å². The molecule has 6 heteroatoms. The van der Waals surface area contributed by atoms with E-state index in [1.165, 1.54) is 18.3 Å². The molecule has 1 aromatic rings. The van der Waals surface area contributed by atoms with Crippen molar-refractivity contribution in [2.75, 3.05) is 19.6 Å². The van der Waals surface area contributed by atoms with E-state index in [-0.39, 0.29) is 23.7 Å². The lowest BCUT2D eigenvalue weighted by Gasteiger charge is -2.42. The molecule has 1 aliphatic heterocycles. The van der Waals surface area contributed by atoms with Crippen LogP contribution in [0.25, 0.3) is 0 Å². The number of carbonyl (C=O) groups excluding carboxylic acids is 1. The van der Waals surface area contributed by atoms with Crippen molar-refractivity contribution in [1.82, 2.24) is 10.2 Å². The molecule has 0 aromatic carbocycles. The Labute approximate surface area is 112 Å². The lowest BCUT2D eigenvalue weighted by atomic mass is 9.99. The van der Waals surface area contributed by atoms with E-state index < -0.39 is 0 Å². The zero-order valence-electron chi connectivity index (χ0n) is 11.2. The summed E-state index contributed by atoms with van der Waals surface area (Å²) < 4.78 is 0.555. The van der Waals surface area contributed by atoms with Crippen LogP contribution in [0.5, 0.6) is 0 Å². The first-order valence-corrected chi connectivity index (χ1v) is 6.31. The van der Waals surface area contributed by atoms with E-state index in [0.717, 1.165) is 0 Å². The number of aliphatic hydroxyl groups is 1. The molecule has 104 valence electrons. The molecule has 0 aliphatic carbocycles. The molecule has 0 spiro atoms. The lowest BCUT2D eigenvalue weighted by Crippen LogP contribution is -2.61. The van der Waals surface area contributed by atoms with Gasteiger partial charge in [0, 0.05) is 31.8 Å². The van der Waals surface area contributed by atoms with Crippen molar-refractivity contribution in [1.29, 1.82) is 0 Å². The van der Waals surface area contributed by atoms with E-state index in [0.29, 0.717) is 29.9 Å². The Morgan fingerprint density at radius 3 is 3.00 bits per heavy atom. The van der Waals surface area contributed by atoms with Gasteiger partial charge in [0.2, 0.25) is 0 Å². The average Bonchev–Trinajstić information content (AvgIpc) is 2.38. The van der Waals surface area contributed by atoms with Crippen LogP contribution >= 0.6 is 0 Å². The van der Waals surface area contributed by atoms with Gasteiger partial charge in [0.05, 0.1) is 12.1 Å². The highest BCUT2D eigenvalue weighted by atomic mass is 16.5. The van der Waals surface area contributed by atoms with E-state index in [1.807, 2.05) is 13.8 Å². The summed E-state index contributed by atoms with van der Waals surface area (Å²) in [5, 5.41) is 24.1. The van der Waals surface area contributed by atoms with Gasteiger partial charge in [-0.2, -0.15) is 4.73 Å². The van der Waals surface area contributed by atoms with E-state index in [1.54, 1.807) is 4.90 Å². The largest absolute Gasteiger partial charge is 0.618 e. The molecule has 0 atom stereocenters. The zero-order valence-corrected chi connectivity index (χ0v) is 11.2. The molecule has 1 fully saturated rings.